The van der Waals surface area contributed by atoms with Crippen LogP contribution in [-0.4, -0.2) is 28.0 Å². The van der Waals surface area contributed by atoms with Gasteiger partial charge in [0.05, 0.1) is 11.1 Å². The second kappa shape index (κ2) is 11.0. The van der Waals surface area contributed by atoms with Gasteiger partial charge in [0.1, 0.15) is 11.9 Å². The highest BCUT2D eigenvalue weighted by Gasteiger charge is 2.50. The van der Waals surface area contributed by atoms with E-state index in [0.29, 0.717) is 29.7 Å². The van der Waals surface area contributed by atoms with Crippen molar-refractivity contribution in [2.24, 2.45) is 10.7 Å². The molecule has 1 aromatic heterocycles. The van der Waals surface area contributed by atoms with E-state index >= 15 is 0 Å². The molecule has 2 unspecified atom stereocenters. The minimum atomic E-state index is -4.69. The summed E-state index contributed by atoms with van der Waals surface area (Å²) in [5.74, 6) is -1.83. The summed E-state index contributed by atoms with van der Waals surface area (Å²) >= 11 is 0. The second-order valence-electron chi connectivity index (χ2n) is 11.0. The Labute approximate surface area is 253 Å². The van der Waals surface area contributed by atoms with Crippen molar-refractivity contribution in [3.63, 3.8) is 0 Å². The van der Waals surface area contributed by atoms with E-state index in [2.05, 4.69) is 14.7 Å². The van der Waals surface area contributed by atoms with E-state index in [4.69, 9.17) is 10.5 Å². The number of carbonyl (C=O) groups excluding carboxylic acids is 1. The Morgan fingerprint density at radius 3 is 2.42 bits per heavy atom. The number of halogens is 6. The molecule has 0 spiro atoms. The van der Waals surface area contributed by atoms with E-state index in [1.807, 2.05) is 18.2 Å². The molecule has 2 aliphatic rings. The van der Waals surface area contributed by atoms with Gasteiger partial charge in [0.15, 0.2) is 29.3 Å². The third kappa shape index (κ3) is 5.62. The zero-order valence-electron chi connectivity index (χ0n) is 23.9. The summed E-state index contributed by atoms with van der Waals surface area (Å²) in [6, 6.07) is 14.9. The van der Waals surface area contributed by atoms with Crippen molar-refractivity contribution in [2.75, 3.05) is 0 Å². The Kier molecular flexibility index (Phi) is 7.37. The van der Waals surface area contributed by atoms with Gasteiger partial charge in [-0.05, 0) is 66.3 Å². The van der Waals surface area contributed by atoms with Crippen LogP contribution < -0.4 is 10.5 Å². The molecule has 1 amide bonds. The quantitative estimate of drug-likeness (QED) is 0.207. The van der Waals surface area contributed by atoms with Crippen LogP contribution in [0, 0.1) is 12.7 Å². The van der Waals surface area contributed by atoms with E-state index in [9.17, 15) is 31.1 Å². The van der Waals surface area contributed by atoms with Crippen LogP contribution in [0.4, 0.5) is 26.3 Å². The number of hydrogen-bond acceptors (Lipinski definition) is 5. The minimum absolute atomic E-state index is 0.0613. The maximum Gasteiger partial charge on any atom is 0.434 e. The van der Waals surface area contributed by atoms with Crippen molar-refractivity contribution < 1.29 is 40.6 Å². The van der Waals surface area contributed by atoms with E-state index in [1.54, 1.807) is 31.2 Å². The number of nitrogens with two attached hydrogens (primary N) is 1. The number of aryl methyl sites for hydroxylation is 1. The molecule has 1 saturated carbocycles. The summed E-state index contributed by atoms with van der Waals surface area (Å²) in [7, 11) is 0. The SMILES string of the molecule is CC1=NC(c2cc(-c3cccc(C4(C(N)=O)CC4)c3)ccc2-n2cc(C(F)(F)F)nc2C)C(c2ccc(OC(F)F)c(F)c2)O1. The van der Waals surface area contributed by atoms with Crippen molar-refractivity contribution in [3.8, 4) is 22.6 Å². The lowest BCUT2D eigenvalue weighted by Crippen LogP contribution is -2.28. The molecular weight excluding hydrogens is 602 g/mol. The van der Waals surface area contributed by atoms with Crippen LogP contribution in [0.25, 0.3) is 16.8 Å². The van der Waals surface area contributed by atoms with Gasteiger partial charge in [-0.3, -0.25) is 4.79 Å². The number of ether oxygens (including phenoxy) is 2. The van der Waals surface area contributed by atoms with Crippen molar-refractivity contribution in [3.05, 3.63) is 101 Å². The fourth-order valence-corrected chi connectivity index (χ4v) is 5.75. The van der Waals surface area contributed by atoms with Crippen LogP contribution in [0.1, 0.15) is 60.1 Å². The van der Waals surface area contributed by atoms with Crippen LogP contribution in [0.3, 0.4) is 0 Å². The number of hydrogen-bond donors (Lipinski definition) is 1. The van der Waals surface area contributed by atoms with E-state index in [-0.39, 0.29) is 17.3 Å². The molecule has 2 heterocycles. The van der Waals surface area contributed by atoms with Crippen LogP contribution in [0.2, 0.25) is 0 Å². The van der Waals surface area contributed by atoms with Gasteiger partial charge in [-0.25, -0.2) is 14.4 Å². The monoisotopic (exact) mass is 628 g/mol. The van der Waals surface area contributed by atoms with Crippen LogP contribution in [0.15, 0.2) is 71.9 Å². The number of aliphatic imine (C=N–C) groups is 1. The number of carbonyl (C=O) groups is 1. The predicted molar refractivity (Wildman–Crippen MR) is 152 cm³/mol. The number of alkyl halides is 5. The zero-order chi connectivity index (χ0) is 32.3. The molecular formula is C32H26F6N4O3. The Balaban J connectivity index is 1.49. The Morgan fingerprint density at radius 2 is 1.80 bits per heavy atom. The number of nitrogens with zero attached hydrogens (tertiary/aromatic N) is 3. The number of rotatable bonds is 8. The summed E-state index contributed by atoms with van der Waals surface area (Å²) in [6.07, 6.45) is -3.51. The highest BCUT2D eigenvalue weighted by atomic mass is 19.4. The van der Waals surface area contributed by atoms with Crippen molar-refractivity contribution in [1.82, 2.24) is 9.55 Å². The number of primary amides is 1. The average molecular weight is 629 g/mol. The zero-order valence-corrected chi connectivity index (χ0v) is 23.9. The lowest BCUT2D eigenvalue weighted by Gasteiger charge is -2.23. The van der Waals surface area contributed by atoms with E-state index < -0.39 is 53.5 Å². The smallest absolute Gasteiger partial charge is 0.434 e. The third-order valence-corrected chi connectivity index (χ3v) is 8.15. The molecule has 13 heteroatoms. The first kappa shape index (κ1) is 30.2. The maximum absolute atomic E-state index is 14.8. The summed E-state index contributed by atoms with van der Waals surface area (Å²) in [6.45, 7) is -0.217. The Hall–Kier alpha value is -4.81. The fourth-order valence-electron chi connectivity index (χ4n) is 5.75. The summed E-state index contributed by atoms with van der Waals surface area (Å²) in [4.78, 5) is 20.5. The predicted octanol–water partition coefficient (Wildman–Crippen LogP) is 7.35. The molecule has 0 radical (unpaired) electrons. The molecule has 4 aromatic rings. The number of amides is 1. The first-order chi connectivity index (χ1) is 21.3. The molecule has 3 aromatic carbocycles. The molecule has 7 nitrogen and oxygen atoms in total. The lowest BCUT2D eigenvalue weighted by molar-refractivity contribution is -0.141. The molecule has 45 heavy (non-hydrogen) atoms. The Morgan fingerprint density at radius 1 is 1.07 bits per heavy atom. The van der Waals surface area contributed by atoms with E-state index in [1.165, 1.54) is 17.6 Å². The van der Waals surface area contributed by atoms with Crippen LogP contribution in [-0.2, 0) is 21.1 Å². The molecule has 2 atom stereocenters. The molecule has 0 saturated heterocycles. The minimum Gasteiger partial charge on any atom is -0.471 e. The normalized spacial score (nSPS) is 18.9. The first-order valence-corrected chi connectivity index (χ1v) is 13.9. The molecule has 0 bridgehead atoms. The second-order valence-corrected chi connectivity index (χ2v) is 11.0. The highest BCUT2D eigenvalue weighted by molar-refractivity contribution is 5.90. The largest absolute Gasteiger partial charge is 0.471 e. The standard InChI is InChI=1S/C32H26F6N4O3/c1-16-40-26(32(36,37)38)15-42(16)24-8-6-19(18-4-3-5-21(12-18)31(10-11-31)29(39)43)13-22(24)27-28(44-17(2)41-27)20-7-9-25(23(33)14-20)45-30(34)35/h3-9,12-15,27-28,30H,10-11H2,1-2H3,(H2,39,43). The number of imidazole rings is 1. The van der Waals surface area contributed by atoms with Crippen molar-refractivity contribution >= 4 is 11.8 Å². The average Bonchev–Trinajstić information content (AvgIpc) is 3.58. The van der Waals surface area contributed by atoms with Gasteiger partial charge in [0.2, 0.25) is 5.91 Å². The summed E-state index contributed by atoms with van der Waals surface area (Å²) < 4.78 is 92.6. The van der Waals surface area contributed by atoms with Crippen LogP contribution >= 0.6 is 0 Å². The molecule has 1 aliphatic carbocycles. The fraction of sp³-hybridized carbons (Fsp3) is 0.281. The van der Waals surface area contributed by atoms with Crippen molar-refractivity contribution in [2.45, 2.75) is 57.0 Å². The third-order valence-electron chi connectivity index (χ3n) is 8.15. The van der Waals surface area contributed by atoms with E-state index in [0.717, 1.165) is 29.5 Å². The molecule has 1 aliphatic heterocycles. The topological polar surface area (TPSA) is 91.7 Å². The number of aromatic nitrogens is 2. The van der Waals surface area contributed by atoms with Gasteiger partial charge < -0.3 is 19.8 Å². The van der Waals surface area contributed by atoms with Crippen LogP contribution in [0.5, 0.6) is 5.75 Å². The van der Waals surface area contributed by atoms with Gasteiger partial charge in [0, 0.05) is 18.7 Å². The first-order valence-electron chi connectivity index (χ1n) is 13.9. The molecule has 2 N–H and O–H groups in total. The van der Waals surface area contributed by atoms with Gasteiger partial charge >= 0.3 is 12.8 Å². The molecule has 1 fully saturated rings. The lowest BCUT2D eigenvalue weighted by atomic mass is 9.89. The molecule has 6 rings (SSSR count). The van der Waals surface area contributed by atoms with Gasteiger partial charge in [0.25, 0.3) is 0 Å². The summed E-state index contributed by atoms with van der Waals surface area (Å²) in [5.41, 5.74) is 7.01. The van der Waals surface area contributed by atoms with Gasteiger partial charge in [-0.1, -0.05) is 36.4 Å². The van der Waals surface area contributed by atoms with Gasteiger partial charge in [-0.2, -0.15) is 22.0 Å². The van der Waals surface area contributed by atoms with Crippen molar-refractivity contribution in [1.29, 1.82) is 0 Å². The number of benzene rings is 3. The van der Waals surface area contributed by atoms with Gasteiger partial charge in [-0.15, -0.1) is 0 Å². The molecule has 234 valence electrons. The Bertz CT molecular complexity index is 1830. The highest BCUT2D eigenvalue weighted by Crippen LogP contribution is 2.49. The summed E-state index contributed by atoms with van der Waals surface area (Å²) in [5, 5.41) is 0. The maximum atomic E-state index is 14.8.